The van der Waals surface area contributed by atoms with Gasteiger partial charge in [0.2, 0.25) is 17.7 Å². The fourth-order valence-corrected chi connectivity index (χ4v) is 3.82. The number of carbonyl (C=O) groups is 2. The molecule has 2 amide bonds. The number of nitrogens with one attached hydrogen (secondary N) is 1. The number of aromatic nitrogens is 3. The quantitative estimate of drug-likeness (QED) is 0.659. The molecule has 1 aliphatic heterocycles. The summed E-state index contributed by atoms with van der Waals surface area (Å²) in [6, 6.07) is 10.8. The van der Waals surface area contributed by atoms with Crippen LogP contribution in [0.15, 0.2) is 58.4 Å². The number of benzene rings is 1. The van der Waals surface area contributed by atoms with Crippen molar-refractivity contribution in [2.75, 3.05) is 10.2 Å². The Bertz CT molecular complexity index is 1070. The minimum absolute atomic E-state index is 0.219. The predicted octanol–water partition coefficient (Wildman–Crippen LogP) is 3.38. The van der Waals surface area contributed by atoms with Crippen LogP contribution in [0.5, 0.6) is 0 Å². The van der Waals surface area contributed by atoms with Crippen molar-refractivity contribution in [3.05, 3.63) is 48.8 Å². The molecule has 0 spiro atoms. The molecule has 9 heteroatoms. The third kappa shape index (κ3) is 3.49. The summed E-state index contributed by atoms with van der Waals surface area (Å²) in [4.78, 5) is 31.5. The number of fused-ring (bicyclic) bond motifs is 1. The first-order chi connectivity index (χ1) is 13.9. The molecule has 1 atom stereocenters. The molecule has 2 aromatic heterocycles. The number of pyridine rings is 1. The van der Waals surface area contributed by atoms with Gasteiger partial charge in [-0.15, -0.1) is 10.2 Å². The normalized spacial score (nSPS) is 16.1. The Morgan fingerprint density at radius 3 is 2.76 bits per heavy atom. The third-order valence-corrected chi connectivity index (χ3v) is 5.59. The average Bonchev–Trinajstić information content (AvgIpc) is 3.17. The van der Waals surface area contributed by atoms with E-state index in [2.05, 4.69) is 20.5 Å². The molecule has 3 heterocycles. The third-order valence-electron chi connectivity index (χ3n) is 4.67. The molecular weight excluding hydrogens is 390 g/mol. The molecule has 0 saturated heterocycles. The van der Waals surface area contributed by atoms with Gasteiger partial charge in [0.05, 0.1) is 22.2 Å². The van der Waals surface area contributed by atoms with Crippen LogP contribution in [0.25, 0.3) is 11.5 Å². The molecule has 1 aliphatic rings. The summed E-state index contributed by atoms with van der Waals surface area (Å²) >= 11 is 1.15. The van der Waals surface area contributed by atoms with Crippen LogP contribution >= 0.6 is 11.8 Å². The highest BCUT2D eigenvalue weighted by Crippen LogP contribution is 2.38. The second kappa shape index (κ2) is 7.32. The van der Waals surface area contributed by atoms with Crippen molar-refractivity contribution < 1.29 is 14.0 Å². The van der Waals surface area contributed by atoms with Crippen molar-refractivity contribution in [3.63, 3.8) is 0 Å². The summed E-state index contributed by atoms with van der Waals surface area (Å²) < 4.78 is 5.67. The maximum atomic E-state index is 13.3. The van der Waals surface area contributed by atoms with Crippen molar-refractivity contribution in [2.45, 2.75) is 36.8 Å². The van der Waals surface area contributed by atoms with Gasteiger partial charge >= 0.3 is 0 Å². The van der Waals surface area contributed by atoms with Crippen molar-refractivity contribution >= 4 is 35.0 Å². The highest BCUT2D eigenvalue weighted by atomic mass is 32.2. The lowest BCUT2D eigenvalue weighted by Crippen LogP contribution is -2.60. The van der Waals surface area contributed by atoms with Gasteiger partial charge in [-0.3, -0.25) is 19.5 Å². The van der Waals surface area contributed by atoms with Gasteiger partial charge in [-0.25, -0.2) is 0 Å². The first-order valence-corrected chi connectivity index (χ1v) is 9.91. The van der Waals surface area contributed by atoms with E-state index in [1.807, 2.05) is 24.3 Å². The van der Waals surface area contributed by atoms with Crippen LogP contribution in [0.3, 0.4) is 0 Å². The maximum absolute atomic E-state index is 13.3. The first kappa shape index (κ1) is 19.1. The molecule has 0 radical (unpaired) electrons. The van der Waals surface area contributed by atoms with E-state index in [1.165, 1.54) is 4.90 Å². The summed E-state index contributed by atoms with van der Waals surface area (Å²) in [6.45, 7) is 5.20. The van der Waals surface area contributed by atoms with E-state index in [0.717, 1.165) is 11.8 Å². The molecule has 0 fully saturated rings. The van der Waals surface area contributed by atoms with Crippen molar-refractivity contribution in [1.29, 1.82) is 0 Å². The van der Waals surface area contributed by atoms with Gasteiger partial charge in [-0.05, 0) is 45.0 Å². The van der Waals surface area contributed by atoms with E-state index in [9.17, 15) is 9.59 Å². The second-order valence-corrected chi connectivity index (χ2v) is 8.37. The van der Waals surface area contributed by atoms with Crippen molar-refractivity contribution in [1.82, 2.24) is 15.2 Å². The molecule has 0 unspecified atom stereocenters. The zero-order valence-corrected chi connectivity index (χ0v) is 16.9. The summed E-state index contributed by atoms with van der Waals surface area (Å²) in [5.74, 6) is -0.120. The minimum atomic E-state index is -1.03. The van der Waals surface area contributed by atoms with Crippen LogP contribution in [0, 0.1) is 0 Å². The van der Waals surface area contributed by atoms with E-state index in [-0.39, 0.29) is 17.0 Å². The molecule has 0 bridgehead atoms. The Morgan fingerprint density at radius 1 is 1.21 bits per heavy atom. The highest BCUT2D eigenvalue weighted by molar-refractivity contribution is 8.00. The number of hydrogen-bond donors (Lipinski definition) is 1. The van der Waals surface area contributed by atoms with Gasteiger partial charge < -0.3 is 9.73 Å². The number of amides is 2. The Morgan fingerprint density at radius 2 is 2.00 bits per heavy atom. The van der Waals surface area contributed by atoms with Crippen LogP contribution in [-0.4, -0.2) is 37.8 Å². The average molecular weight is 409 g/mol. The van der Waals surface area contributed by atoms with Gasteiger partial charge in [0.25, 0.3) is 5.22 Å². The lowest BCUT2D eigenvalue weighted by molar-refractivity contribution is -0.126. The summed E-state index contributed by atoms with van der Waals surface area (Å²) in [6.07, 6.45) is 3.28. The Labute approximate surface area is 171 Å². The topological polar surface area (TPSA) is 101 Å². The largest absolute Gasteiger partial charge is 0.411 e. The van der Waals surface area contributed by atoms with Crippen LogP contribution in [0.2, 0.25) is 0 Å². The molecule has 1 N–H and O–H groups in total. The Balaban J connectivity index is 1.58. The van der Waals surface area contributed by atoms with Crippen molar-refractivity contribution in [3.8, 4) is 11.5 Å². The number of anilines is 2. The summed E-state index contributed by atoms with van der Waals surface area (Å²) in [5.41, 5.74) is 0.944. The predicted molar refractivity (Wildman–Crippen MR) is 109 cm³/mol. The lowest BCUT2D eigenvalue weighted by atomic mass is 9.96. The Hall–Kier alpha value is -3.20. The van der Waals surface area contributed by atoms with Crippen LogP contribution in [0.4, 0.5) is 11.4 Å². The fraction of sp³-hybridized carbons (Fsp3) is 0.250. The Kier molecular flexibility index (Phi) is 4.83. The molecular formula is C20H19N5O3S. The SMILES string of the molecule is C[C@H](Sc1nnc(-c2cccnc2)o1)C(=O)N1c2ccccc2NC(=O)C1(C)C. The minimum Gasteiger partial charge on any atom is -0.411 e. The van der Waals surface area contributed by atoms with Crippen molar-refractivity contribution in [2.24, 2.45) is 0 Å². The van der Waals surface area contributed by atoms with Gasteiger partial charge in [0.15, 0.2) is 0 Å². The number of para-hydroxylation sites is 2. The summed E-state index contributed by atoms with van der Waals surface area (Å²) in [5, 5.41) is 10.6. The molecule has 1 aromatic carbocycles. The van der Waals surface area contributed by atoms with Crippen LogP contribution in [-0.2, 0) is 9.59 Å². The molecule has 0 saturated carbocycles. The number of carbonyl (C=O) groups excluding carboxylic acids is 2. The highest BCUT2D eigenvalue weighted by Gasteiger charge is 2.45. The van der Waals surface area contributed by atoms with E-state index < -0.39 is 10.8 Å². The van der Waals surface area contributed by atoms with Gasteiger partial charge in [-0.1, -0.05) is 23.9 Å². The van der Waals surface area contributed by atoms with E-state index in [0.29, 0.717) is 22.8 Å². The second-order valence-electron chi connectivity index (χ2n) is 7.08. The van der Waals surface area contributed by atoms with Gasteiger partial charge in [0, 0.05) is 12.4 Å². The maximum Gasteiger partial charge on any atom is 0.277 e. The van der Waals surface area contributed by atoms with Gasteiger partial charge in [-0.2, -0.15) is 0 Å². The number of hydrogen-bond acceptors (Lipinski definition) is 7. The van der Waals surface area contributed by atoms with Crippen LogP contribution in [0.1, 0.15) is 20.8 Å². The molecule has 148 valence electrons. The zero-order valence-electron chi connectivity index (χ0n) is 16.1. The fourth-order valence-electron chi connectivity index (χ4n) is 3.09. The van der Waals surface area contributed by atoms with Gasteiger partial charge in [0.1, 0.15) is 5.54 Å². The van der Waals surface area contributed by atoms with Crippen LogP contribution < -0.4 is 10.2 Å². The summed E-state index contributed by atoms with van der Waals surface area (Å²) in [7, 11) is 0. The molecule has 4 rings (SSSR count). The van der Waals surface area contributed by atoms with E-state index in [4.69, 9.17) is 4.42 Å². The smallest absolute Gasteiger partial charge is 0.277 e. The van der Waals surface area contributed by atoms with E-state index >= 15 is 0 Å². The monoisotopic (exact) mass is 409 g/mol. The molecule has 8 nitrogen and oxygen atoms in total. The number of nitrogens with zero attached hydrogens (tertiary/aromatic N) is 4. The molecule has 29 heavy (non-hydrogen) atoms. The first-order valence-electron chi connectivity index (χ1n) is 9.03. The molecule has 0 aliphatic carbocycles. The molecule has 3 aromatic rings. The standard InChI is InChI=1S/C20H19N5O3S/c1-12(29-19-24-23-16(28-19)13-7-6-10-21-11-13)17(26)25-15-9-5-4-8-14(15)22-18(27)20(25,2)3/h4-12H,1-3H3,(H,22,27)/t12-/m0/s1. The number of rotatable bonds is 4. The zero-order chi connectivity index (χ0) is 20.6. The van der Waals surface area contributed by atoms with E-state index in [1.54, 1.807) is 45.3 Å². The lowest BCUT2D eigenvalue weighted by Gasteiger charge is -2.42. The number of thioether (sulfide) groups is 1.